The Kier molecular flexibility index (Phi) is 4.36. The molecule has 0 radical (unpaired) electrons. The number of piperidine rings is 1. The number of nitrogens with two attached hydrogens (primary N) is 1. The fourth-order valence-corrected chi connectivity index (χ4v) is 2.39. The van der Waals surface area contributed by atoms with Gasteiger partial charge in [-0.25, -0.2) is 9.97 Å². The Labute approximate surface area is 109 Å². The molecule has 1 unspecified atom stereocenters. The molecule has 1 atom stereocenters. The average molecular weight is 249 g/mol. The predicted molar refractivity (Wildman–Crippen MR) is 74.6 cm³/mol. The highest BCUT2D eigenvalue weighted by Crippen LogP contribution is 2.16. The third-order valence-corrected chi connectivity index (χ3v) is 3.55. The minimum absolute atomic E-state index is 0.543. The van der Waals surface area contributed by atoms with Crippen molar-refractivity contribution < 1.29 is 0 Å². The molecule has 18 heavy (non-hydrogen) atoms. The van der Waals surface area contributed by atoms with Crippen LogP contribution in [0.25, 0.3) is 0 Å². The zero-order chi connectivity index (χ0) is 13.0. The number of likely N-dealkylation sites (tertiary alicyclic amines) is 1. The van der Waals surface area contributed by atoms with Gasteiger partial charge < -0.3 is 16.0 Å². The molecule has 5 heteroatoms. The van der Waals surface area contributed by atoms with E-state index < -0.39 is 0 Å². The SMILES string of the molecule is CCc1nc(N)cc(NCC2CCCCN2C)n1. The van der Waals surface area contributed by atoms with Crippen molar-refractivity contribution in [2.24, 2.45) is 0 Å². The lowest BCUT2D eigenvalue weighted by Crippen LogP contribution is -2.40. The van der Waals surface area contributed by atoms with Gasteiger partial charge in [-0.1, -0.05) is 13.3 Å². The molecule has 0 bridgehead atoms. The van der Waals surface area contributed by atoms with Crippen molar-refractivity contribution in [3.05, 3.63) is 11.9 Å². The molecule has 1 aromatic heterocycles. The molecule has 3 N–H and O–H groups in total. The first-order valence-corrected chi connectivity index (χ1v) is 6.76. The van der Waals surface area contributed by atoms with Gasteiger partial charge in [0.15, 0.2) is 0 Å². The molecule has 100 valence electrons. The molecule has 2 heterocycles. The Morgan fingerprint density at radius 2 is 2.28 bits per heavy atom. The van der Waals surface area contributed by atoms with Gasteiger partial charge in [-0.15, -0.1) is 0 Å². The van der Waals surface area contributed by atoms with Crippen molar-refractivity contribution in [3.8, 4) is 0 Å². The van der Waals surface area contributed by atoms with Crippen LogP contribution in [-0.2, 0) is 6.42 Å². The largest absolute Gasteiger partial charge is 0.384 e. The maximum atomic E-state index is 5.77. The smallest absolute Gasteiger partial charge is 0.132 e. The lowest BCUT2D eigenvalue weighted by atomic mass is 10.0. The van der Waals surface area contributed by atoms with Crippen molar-refractivity contribution in [2.75, 3.05) is 31.2 Å². The molecule has 0 amide bonds. The summed E-state index contributed by atoms with van der Waals surface area (Å²) in [7, 11) is 2.19. The molecular weight excluding hydrogens is 226 g/mol. The van der Waals surface area contributed by atoms with Crippen LogP contribution in [0.4, 0.5) is 11.6 Å². The van der Waals surface area contributed by atoms with Crippen molar-refractivity contribution in [3.63, 3.8) is 0 Å². The topological polar surface area (TPSA) is 67.1 Å². The summed E-state index contributed by atoms with van der Waals surface area (Å²) in [5.41, 5.74) is 5.77. The molecule has 1 fully saturated rings. The Morgan fingerprint density at radius 1 is 1.44 bits per heavy atom. The fourth-order valence-electron chi connectivity index (χ4n) is 2.39. The number of rotatable bonds is 4. The van der Waals surface area contributed by atoms with Gasteiger partial charge in [-0.2, -0.15) is 0 Å². The van der Waals surface area contributed by atoms with Gasteiger partial charge in [-0.05, 0) is 26.4 Å². The molecule has 1 saturated heterocycles. The van der Waals surface area contributed by atoms with Crippen LogP contribution in [0.5, 0.6) is 0 Å². The van der Waals surface area contributed by atoms with Crippen LogP contribution < -0.4 is 11.1 Å². The molecular formula is C13H23N5. The van der Waals surface area contributed by atoms with E-state index in [4.69, 9.17) is 5.73 Å². The van der Waals surface area contributed by atoms with Crippen LogP contribution in [-0.4, -0.2) is 41.0 Å². The lowest BCUT2D eigenvalue weighted by Gasteiger charge is -2.32. The van der Waals surface area contributed by atoms with Crippen LogP contribution in [0.15, 0.2) is 6.07 Å². The second kappa shape index (κ2) is 6.00. The van der Waals surface area contributed by atoms with Gasteiger partial charge in [0.2, 0.25) is 0 Å². The van der Waals surface area contributed by atoms with E-state index in [0.29, 0.717) is 11.9 Å². The zero-order valence-corrected chi connectivity index (χ0v) is 11.3. The molecule has 0 spiro atoms. The summed E-state index contributed by atoms with van der Waals surface area (Å²) in [5, 5.41) is 3.39. The standard InChI is InChI=1S/C13H23N5/c1-3-12-16-11(14)8-13(17-12)15-9-10-6-4-5-7-18(10)2/h8,10H,3-7,9H2,1-2H3,(H3,14,15,16,17). The first-order valence-electron chi connectivity index (χ1n) is 6.76. The monoisotopic (exact) mass is 249 g/mol. The highest BCUT2D eigenvalue weighted by Gasteiger charge is 2.18. The van der Waals surface area contributed by atoms with Gasteiger partial charge in [0.1, 0.15) is 17.5 Å². The number of anilines is 2. The van der Waals surface area contributed by atoms with Gasteiger partial charge in [0, 0.05) is 25.1 Å². The van der Waals surface area contributed by atoms with Crippen molar-refractivity contribution in [1.29, 1.82) is 0 Å². The quantitative estimate of drug-likeness (QED) is 0.847. The number of aromatic nitrogens is 2. The lowest BCUT2D eigenvalue weighted by molar-refractivity contribution is 0.194. The minimum Gasteiger partial charge on any atom is -0.384 e. The third kappa shape index (κ3) is 3.32. The Hall–Kier alpha value is -1.36. The summed E-state index contributed by atoms with van der Waals surface area (Å²) >= 11 is 0. The summed E-state index contributed by atoms with van der Waals surface area (Å²) < 4.78 is 0. The summed E-state index contributed by atoms with van der Waals surface area (Å²) in [6.07, 6.45) is 4.70. The second-order valence-corrected chi connectivity index (χ2v) is 4.96. The van der Waals surface area contributed by atoms with Crippen LogP contribution >= 0.6 is 0 Å². The van der Waals surface area contributed by atoms with Crippen molar-refractivity contribution >= 4 is 11.6 Å². The first-order chi connectivity index (χ1) is 8.69. The van der Waals surface area contributed by atoms with E-state index in [1.54, 1.807) is 0 Å². The summed E-state index contributed by atoms with van der Waals surface area (Å²) in [6.45, 7) is 4.15. The molecule has 2 rings (SSSR count). The van der Waals surface area contributed by atoms with E-state index in [-0.39, 0.29) is 0 Å². The van der Waals surface area contributed by atoms with Gasteiger partial charge >= 0.3 is 0 Å². The van der Waals surface area contributed by atoms with E-state index in [1.807, 2.05) is 13.0 Å². The second-order valence-electron chi connectivity index (χ2n) is 4.96. The number of nitrogens with zero attached hydrogens (tertiary/aromatic N) is 3. The van der Waals surface area contributed by atoms with Crippen LogP contribution in [0.2, 0.25) is 0 Å². The van der Waals surface area contributed by atoms with Crippen LogP contribution in [0.1, 0.15) is 32.0 Å². The minimum atomic E-state index is 0.543. The number of hydrogen-bond acceptors (Lipinski definition) is 5. The van der Waals surface area contributed by atoms with E-state index in [2.05, 4.69) is 27.2 Å². The van der Waals surface area contributed by atoms with Crippen molar-refractivity contribution in [2.45, 2.75) is 38.6 Å². The van der Waals surface area contributed by atoms with Gasteiger partial charge in [0.25, 0.3) is 0 Å². The Balaban J connectivity index is 1.94. The van der Waals surface area contributed by atoms with Crippen LogP contribution in [0, 0.1) is 0 Å². The Bertz CT molecular complexity index is 393. The zero-order valence-electron chi connectivity index (χ0n) is 11.3. The number of nitrogen functional groups attached to an aromatic ring is 1. The molecule has 5 nitrogen and oxygen atoms in total. The van der Waals surface area contributed by atoms with Crippen LogP contribution in [0.3, 0.4) is 0 Å². The summed E-state index contributed by atoms with van der Waals surface area (Å²) in [6, 6.07) is 2.40. The number of aryl methyl sites for hydroxylation is 1. The molecule has 0 aliphatic carbocycles. The molecule has 0 aromatic carbocycles. The average Bonchev–Trinajstić information content (AvgIpc) is 2.37. The molecule has 1 aliphatic rings. The third-order valence-electron chi connectivity index (χ3n) is 3.55. The number of likely N-dealkylation sites (N-methyl/N-ethyl adjacent to an activating group) is 1. The molecule has 1 aliphatic heterocycles. The maximum Gasteiger partial charge on any atom is 0.132 e. The predicted octanol–water partition coefficient (Wildman–Crippen LogP) is 1.52. The van der Waals surface area contributed by atoms with E-state index >= 15 is 0 Å². The summed E-state index contributed by atoms with van der Waals surface area (Å²) in [5.74, 6) is 2.19. The highest BCUT2D eigenvalue weighted by molar-refractivity contribution is 5.44. The van der Waals surface area contributed by atoms with E-state index in [1.165, 1.54) is 25.8 Å². The molecule has 1 aromatic rings. The van der Waals surface area contributed by atoms with E-state index in [9.17, 15) is 0 Å². The van der Waals surface area contributed by atoms with Gasteiger partial charge in [-0.3, -0.25) is 0 Å². The summed E-state index contributed by atoms with van der Waals surface area (Å²) in [4.78, 5) is 11.0. The maximum absolute atomic E-state index is 5.77. The normalized spacial score (nSPS) is 20.9. The number of nitrogens with one attached hydrogen (secondary N) is 1. The van der Waals surface area contributed by atoms with Gasteiger partial charge in [0.05, 0.1) is 0 Å². The highest BCUT2D eigenvalue weighted by atomic mass is 15.2. The van der Waals surface area contributed by atoms with E-state index in [0.717, 1.165) is 24.6 Å². The number of hydrogen-bond donors (Lipinski definition) is 2. The fraction of sp³-hybridized carbons (Fsp3) is 0.692. The Morgan fingerprint density at radius 3 is 3.00 bits per heavy atom. The van der Waals surface area contributed by atoms with Crippen molar-refractivity contribution in [1.82, 2.24) is 14.9 Å². The molecule has 0 saturated carbocycles. The first kappa shape index (κ1) is 13.1.